The highest BCUT2D eigenvalue weighted by Gasteiger charge is 2.10. The Morgan fingerprint density at radius 3 is 2.72 bits per heavy atom. The van der Waals surface area contributed by atoms with Gasteiger partial charge in [0.25, 0.3) is 0 Å². The molecule has 7 heteroatoms. The van der Waals surface area contributed by atoms with Gasteiger partial charge in [0.1, 0.15) is 21.3 Å². The fraction of sp³-hybridized carbons (Fsp3) is 0.455. The molecule has 0 radical (unpaired) electrons. The third kappa shape index (κ3) is 3.08. The van der Waals surface area contributed by atoms with E-state index in [4.69, 9.17) is 0 Å². The summed E-state index contributed by atoms with van der Waals surface area (Å²) in [7, 11) is 1.95. The van der Waals surface area contributed by atoms with Gasteiger partial charge in [-0.15, -0.1) is 10.2 Å². The van der Waals surface area contributed by atoms with Gasteiger partial charge in [-0.1, -0.05) is 6.92 Å². The zero-order chi connectivity index (χ0) is 13.1. The van der Waals surface area contributed by atoms with E-state index in [1.807, 2.05) is 24.6 Å². The van der Waals surface area contributed by atoms with E-state index in [2.05, 4.69) is 43.0 Å². The summed E-state index contributed by atoms with van der Waals surface area (Å²) in [4.78, 5) is 8.85. The highest BCUT2D eigenvalue weighted by atomic mass is 79.9. The van der Waals surface area contributed by atoms with E-state index in [9.17, 15) is 0 Å². The molecule has 96 valence electrons. The molecule has 0 atom stereocenters. The minimum atomic E-state index is 0.808. The largest absolute Gasteiger partial charge is 0.309 e. The second-order valence-corrected chi connectivity index (χ2v) is 5.69. The van der Waals surface area contributed by atoms with E-state index in [0.717, 1.165) is 39.3 Å². The maximum Gasteiger partial charge on any atom is 0.197 e. The van der Waals surface area contributed by atoms with E-state index < -0.39 is 0 Å². The highest BCUT2D eigenvalue weighted by Crippen LogP contribution is 2.26. The number of halogens is 1. The van der Waals surface area contributed by atoms with Crippen molar-refractivity contribution in [1.82, 2.24) is 24.7 Å². The second-order valence-electron chi connectivity index (χ2n) is 3.89. The first-order valence-electron chi connectivity index (χ1n) is 5.67. The Morgan fingerprint density at radius 1 is 1.33 bits per heavy atom. The molecule has 0 N–H and O–H groups in total. The van der Waals surface area contributed by atoms with Gasteiger partial charge in [-0.25, -0.2) is 9.97 Å². The number of hydrogen-bond acceptors (Lipinski definition) is 5. The van der Waals surface area contributed by atoms with Crippen LogP contribution in [0.15, 0.2) is 20.9 Å². The van der Waals surface area contributed by atoms with E-state index in [-0.39, 0.29) is 0 Å². The minimum absolute atomic E-state index is 0.808. The van der Waals surface area contributed by atoms with E-state index in [1.165, 1.54) is 11.8 Å². The Morgan fingerprint density at radius 2 is 2.11 bits per heavy atom. The Balaban J connectivity index is 2.26. The van der Waals surface area contributed by atoms with Crippen LogP contribution in [0, 0.1) is 6.92 Å². The topological polar surface area (TPSA) is 56.5 Å². The summed E-state index contributed by atoms with van der Waals surface area (Å²) in [6, 6.07) is 1.90. The van der Waals surface area contributed by atoms with Crippen LogP contribution in [-0.2, 0) is 13.5 Å². The molecule has 0 amide bonds. The Bertz CT molecular complexity index is 554. The van der Waals surface area contributed by atoms with E-state index in [0.29, 0.717) is 0 Å². The Kier molecular flexibility index (Phi) is 4.34. The SMILES string of the molecule is CCCc1nc(Br)cc(Sc2nnc(C)n2C)n1. The molecular formula is C11H14BrN5S. The Labute approximate surface area is 119 Å². The molecule has 2 aromatic rings. The lowest BCUT2D eigenvalue weighted by atomic mass is 10.3. The average molecular weight is 328 g/mol. The van der Waals surface area contributed by atoms with Gasteiger partial charge >= 0.3 is 0 Å². The van der Waals surface area contributed by atoms with E-state index in [1.54, 1.807) is 0 Å². The number of nitrogens with zero attached hydrogens (tertiary/aromatic N) is 5. The number of hydrogen-bond donors (Lipinski definition) is 0. The summed E-state index contributed by atoms with van der Waals surface area (Å²) in [5, 5.41) is 9.87. The molecule has 0 saturated carbocycles. The number of rotatable bonds is 4. The highest BCUT2D eigenvalue weighted by molar-refractivity contribution is 9.10. The first-order chi connectivity index (χ1) is 8.60. The predicted molar refractivity (Wildman–Crippen MR) is 73.6 cm³/mol. The maximum atomic E-state index is 4.51. The van der Waals surface area contributed by atoms with Crippen molar-refractivity contribution in [1.29, 1.82) is 0 Å². The Hall–Kier alpha value is -0.950. The van der Waals surface area contributed by atoms with Crippen LogP contribution in [0.3, 0.4) is 0 Å². The molecule has 0 saturated heterocycles. The molecule has 0 bridgehead atoms. The number of aryl methyl sites for hydroxylation is 2. The standard InChI is InChI=1S/C11H14BrN5S/c1-4-5-9-13-8(12)6-10(14-9)18-11-16-15-7(2)17(11)3/h6H,4-5H2,1-3H3. The smallest absolute Gasteiger partial charge is 0.197 e. The third-order valence-electron chi connectivity index (χ3n) is 2.44. The van der Waals surface area contributed by atoms with Gasteiger partial charge in [-0.2, -0.15) is 0 Å². The summed E-state index contributed by atoms with van der Waals surface area (Å²) >= 11 is 4.91. The molecule has 2 rings (SSSR count). The van der Waals surface area contributed by atoms with Gasteiger partial charge < -0.3 is 4.57 Å². The lowest BCUT2D eigenvalue weighted by Crippen LogP contribution is -1.98. The molecule has 0 aromatic carbocycles. The summed E-state index contributed by atoms with van der Waals surface area (Å²) in [6.45, 7) is 4.04. The molecule has 0 spiro atoms. The molecule has 5 nitrogen and oxygen atoms in total. The van der Waals surface area contributed by atoms with Crippen molar-refractivity contribution >= 4 is 27.7 Å². The monoisotopic (exact) mass is 327 g/mol. The van der Waals surface area contributed by atoms with Crippen LogP contribution >= 0.6 is 27.7 Å². The van der Waals surface area contributed by atoms with Gasteiger partial charge in [-0.3, -0.25) is 0 Å². The van der Waals surface area contributed by atoms with Crippen LogP contribution in [0.4, 0.5) is 0 Å². The van der Waals surface area contributed by atoms with Gasteiger partial charge in [0.2, 0.25) is 0 Å². The average Bonchev–Trinajstić information content (AvgIpc) is 2.61. The van der Waals surface area contributed by atoms with Crippen LogP contribution in [0.1, 0.15) is 25.0 Å². The molecule has 2 aromatic heterocycles. The van der Waals surface area contributed by atoms with Crippen LogP contribution < -0.4 is 0 Å². The van der Waals surface area contributed by atoms with Gasteiger partial charge in [-0.05, 0) is 41.0 Å². The molecule has 18 heavy (non-hydrogen) atoms. The van der Waals surface area contributed by atoms with Gasteiger partial charge in [0, 0.05) is 19.5 Å². The lowest BCUT2D eigenvalue weighted by molar-refractivity contribution is 0.760. The zero-order valence-corrected chi connectivity index (χ0v) is 12.9. The normalized spacial score (nSPS) is 10.9. The first kappa shape index (κ1) is 13.5. The van der Waals surface area contributed by atoms with Gasteiger partial charge in [0.05, 0.1) is 0 Å². The lowest BCUT2D eigenvalue weighted by Gasteiger charge is -2.04. The summed E-state index contributed by atoms with van der Waals surface area (Å²) in [5.41, 5.74) is 0. The van der Waals surface area contributed by atoms with Gasteiger partial charge in [0.15, 0.2) is 5.16 Å². The fourth-order valence-electron chi connectivity index (χ4n) is 1.40. The summed E-state index contributed by atoms with van der Waals surface area (Å²) in [5.74, 6) is 1.74. The fourth-order valence-corrected chi connectivity index (χ4v) is 2.83. The van der Waals surface area contributed by atoms with Crippen molar-refractivity contribution in [3.05, 3.63) is 22.3 Å². The van der Waals surface area contributed by atoms with Crippen molar-refractivity contribution in [3.63, 3.8) is 0 Å². The molecule has 2 heterocycles. The quantitative estimate of drug-likeness (QED) is 0.808. The van der Waals surface area contributed by atoms with Crippen molar-refractivity contribution in [2.24, 2.45) is 7.05 Å². The molecule has 0 aliphatic rings. The van der Waals surface area contributed by atoms with Crippen molar-refractivity contribution in [3.8, 4) is 0 Å². The summed E-state index contributed by atoms with van der Waals surface area (Å²) in [6.07, 6.45) is 1.91. The molecular weight excluding hydrogens is 314 g/mol. The second kappa shape index (κ2) is 5.79. The van der Waals surface area contributed by atoms with Crippen molar-refractivity contribution < 1.29 is 0 Å². The molecule has 0 fully saturated rings. The molecule has 0 aliphatic carbocycles. The van der Waals surface area contributed by atoms with Crippen LogP contribution in [0.2, 0.25) is 0 Å². The van der Waals surface area contributed by atoms with Crippen molar-refractivity contribution in [2.45, 2.75) is 36.9 Å². The molecule has 0 aliphatic heterocycles. The van der Waals surface area contributed by atoms with Crippen LogP contribution in [0.5, 0.6) is 0 Å². The van der Waals surface area contributed by atoms with Crippen LogP contribution in [-0.4, -0.2) is 24.7 Å². The minimum Gasteiger partial charge on any atom is -0.309 e. The number of aromatic nitrogens is 5. The maximum absolute atomic E-state index is 4.51. The third-order valence-corrected chi connectivity index (χ3v) is 3.80. The zero-order valence-electron chi connectivity index (χ0n) is 10.5. The predicted octanol–water partition coefficient (Wildman–Crippen LogP) is 2.78. The summed E-state index contributed by atoms with van der Waals surface area (Å²) < 4.78 is 2.75. The van der Waals surface area contributed by atoms with E-state index >= 15 is 0 Å². The van der Waals surface area contributed by atoms with Crippen molar-refractivity contribution in [2.75, 3.05) is 0 Å². The van der Waals surface area contributed by atoms with Crippen LogP contribution in [0.25, 0.3) is 0 Å². The molecule has 0 unspecified atom stereocenters. The first-order valence-corrected chi connectivity index (χ1v) is 7.28.